The van der Waals surface area contributed by atoms with Crippen molar-refractivity contribution in [2.45, 2.75) is 53.0 Å². The zero-order valence-corrected chi connectivity index (χ0v) is 22.3. The topological polar surface area (TPSA) is 129 Å². The number of carbonyl (C=O) groups excluding carboxylic acids is 2. The van der Waals surface area contributed by atoms with E-state index >= 15 is 0 Å². The molecule has 0 radical (unpaired) electrons. The number of fused-ring (bicyclic) bond motifs is 1. The smallest absolute Gasteiger partial charge is 0.339 e. The van der Waals surface area contributed by atoms with E-state index in [1.54, 1.807) is 23.1 Å². The number of hydrogen-bond acceptors (Lipinski definition) is 6. The Labute approximate surface area is 217 Å². The van der Waals surface area contributed by atoms with Crippen LogP contribution in [0.15, 0.2) is 24.3 Å². The molecule has 0 aromatic heterocycles. The molecule has 2 aromatic rings. The number of carbonyl (C=O) groups is 3. The van der Waals surface area contributed by atoms with E-state index in [0.29, 0.717) is 48.6 Å². The van der Waals surface area contributed by atoms with Gasteiger partial charge < -0.3 is 24.8 Å². The summed E-state index contributed by atoms with van der Waals surface area (Å²) in [6.45, 7) is 10.5. The molecule has 0 saturated heterocycles. The maximum atomic E-state index is 13.4. The molecule has 9 heteroatoms. The fourth-order valence-corrected chi connectivity index (χ4v) is 4.28. The number of ether oxygens (including phenoxy) is 2. The van der Waals surface area contributed by atoms with Crippen LogP contribution in [0.2, 0.25) is 0 Å². The van der Waals surface area contributed by atoms with Gasteiger partial charge in [0.05, 0.1) is 25.3 Å². The third-order valence-electron chi connectivity index (χ3n) is 6.14. The molecular formula is C28H35N3O6. The summed E-state index contributed by atoms with van der Waals surface area (Å²) in [5, 5.41) is 21.1. The molecule has 0 unspecified atom stereocenters. The van der Waals surface area contributed by atoms with Crippen LogP contribution in [0.4, 0.5) is 0 Å². The molecule has 9 nitrogen and oxygen atoms in total. The zero-order valence-electron chi connectivity index (χ0n) is 22.3. The van der Waals surface area contributed by atoms with Crippen LogP contribution < -0.4 is 14.8 Å². The van der Waals surface area contributed by atoms with Crippen molar-refractivity contribution in [2.24, 2.45) is 0 Å². The average Bonchev–Trinajstić information content (AvgIpc) is 3.14. The highest BCUT2D eigenvalue weighted by molar-refractivity contribution is 6.08. The average molecular weight is 510 g/mol. The number of nitrogens with one attached hydrogen (secondary N) is 2. The van der Waals surface area contributed by atoms with Crippen molar-refractivity contribution in [3.8, 4) is 11.5 Å². The lowest BCUT2D eigenvalue weighted by Crippen LogP contribution is -2.30. The van der Waals surface area contributed by atoms with E-state index in [9.17, 15) is 19.5 Å². The molecule has 1 amide bonds. The summed E-state index contributed by atoms with van der Waals surface area (Å²) in [5.41, 5.74) is 2.02. The number of Topliss-reactive ketones (excluding diaryl/α,β-unsaturated/α-hetero) is 1. The normalized spacial score (nSPS) is 12.8. The van der Waals surface area contributed by atoms with Gasteiger partial charge in [-0.1, -0.05) is 27.7 Å². The van der Waals surface area contributed by atoms with Gasteiger partial charge in [-0.15, -0.1) is 0 Å². The van der Waals surface area contributed by atoms with Gasteiger partial charge in [0.15, 0.2) is 5.78 Å². The van der Waals surface area contributed by atoms with E-state index in [1.165, 1.54) is 13.1 Å². The Hall–Kier alpha value is -3.88. The first-order chi connectivity index (χ1) is 17.4. The molecule has 0 spiro atoms. The molecule has 0 atom stereocenters. The summed E-state index contributed by atoms with van der Waals surface area (Å²) in [4.78, 5) is 39.5. The predicted molar refractivity (Wildman–Crippen MR) is 140 cm³/mol. The van der Waals surface area contributed by atoms with Crippen LogP contribution in [-0.2, 0) is 12.0 Å². The molecule has 1 heterocycles. The predicted octanol–water partition coefficient (Wildman–Crippen LogP) is 4.25. The summed E-state index contributed by atoms with van der Waals surface area (Å²) in [7, 11) is 1.53. The first-order valence-corrected chi connectivity index (χ1v) is 12.4. The minimum Gasteiger partial charge on any atom is -0.493 e. The summed E-state index contributed by atoms with van der Waals surface area (Å²) in [5.74, 6) is -0.985. The Morgan fingerprint density at radius 3 is 2.35 bits per heavy atom. The molecule has 1 aliphatic rings. The highest BCUT2D eigenvalue weighted by Gasteiger charge is 2.31. The standard InChI is InChI=1S/C28H35N3O6/c1-7-9-37-24-20(27(34)35)10-16(11-21(24)28(3,4)5)22(32)15-31-14-17-12-23(36-8-2)19(26(33)30-6)13-18(17)25(31)29/h10-13,29H,7-9,14-15H2,1-6H3,(H,30,33)(H,34,35). The summed E-state index contributed by atoms with van der Waals surface area (Å²) >= 11 is 0. The van der Waals surface area contributed by atoms with Crippen molar-refractivity contribution in [3.05, 3.63) is 57.6 Å². The molecule has 37 heavy (non-hydrogen) atoms. The lowest BCUT2D eigenvalue weighted by molar-refractivity contribution is 0.0691. The quantitative estimate of drug-likeness (QED) is 0.408. The Morgan fingerprint density at radius 2 is 1.78 bits per heavy atom. The van der Waals surface area contributed by atoms with Crippen LogP contribution in [0.3, 0.4) is 0 Å². The molecular weight excluding hydrogens is 474 g/mol. The van der Waals surface area contributed by atoms with Gasteiger partial charge in [-0.2, -0.15) is 0 Å². The first-order valence-electron chi connectivity index (χ1n) is 12.4. The molecule has 0 aliphatic carbocycles. The number of hydrogen-bond donors (Lipinski definition) is 3. The van der Waals surface area contributed by atoms with E-state index in [4.69, 9.17) is 14.9 Å². The third kappa shape index (κ3) is 5.76. The summed E-state index contributed by atoms with van der Waals surface area (Å²) < 4.78 is 11.5. The minimum absolute atomic E-state index is 0.0550. The van der Waals surface area contributed by atoms with Crippen molar-refractivity contribution in [3.63, 3.8) is 0 Å². The number of amidine groups is 1. The maximum absolute atomic E-state index is 13.4. The van der Waals surface area contributed by atoms with Crippen LogP contribution in [-0.4, -0.2) is 60.3 Å². The van der Waals surface area contributed by atoms with Gasteiger partial charge >= 0.3 is 5.97 Å². The van der Waals surface area contributed by atoms with E-state index < -0.39 is 11.4 Å². The first kappa shape index (κ1) is 27.7. The van der Waals surface area contributed by atoms with Crippen LogP contribution in [0.1, 0.15) is 88.8 Å². The lowest BCUT2D eigenvalue weighted by atomic mass is 9.83. The van der Waals surface area contributed by atoms with Crippen LogP contribution in [0.5, 0.6) is 11.5 Å². The Kier molecular flexibility index (Phi) is 8.25. The second-order valence-electron chi connectivity index (χ2n) is 9.95. The number of rotatable bonds is 10. The SMILES string of the molecule is CCCOc1c(C(=O)O)cc(C(=O)CN2Cc3cc(OCC)c(C(=O)NC)cc3C2=N)cc1C(C)(C)C. The fraction of sp³-hybridized carbons (Fsp3) is 0.429. The van der Waals surface area contributed by atoms with Crippen LogP contribution >= 0.6 is 0 Å². The van der Waals surface area contributed by atoms with E-state index in [-0.39, 0.29) is 40.9 Å². The van der Waals surface area contributed by atoms with Gasteiger partial charge in [0.25, 0.3) is 5.91 Å². The fourth-order valence-electron chi connectivity index (χ4n) is 4.28. The number of carboxylic acids is 1. The summed E-state index contributed by atoms with van der Waals surface area (Å²) in [6, 6.07) is 6.41. The Morgan fingerprint density at radius 1 is 1.08 bits per heavy atom. The number of ketones is 1. The van der Waals surface area contributed by atoms with Crippen molar-refractivity contribution < 1.29 is 29.0 Å². The van der Waals surface area contributed by atoms with Gasteiger partial charge in [-0.05, 0) is 48.6 Å². The van der Waals surface area contributed by atoms with Gasteiger partial charge in [0.1, 0.15) is 22.9 Å². The van der Waals surface area contributed by atoms with Gasteiger partial charge in [0, 0.05) is 30.3 Å². The van der Waals surface area contributed by atoms with Gasteiger partial charge in [-0.25, -0.2) is 4.79 Å². The van der Waals surface area contributed by atoms with Gasteiger partial charge in [-0.3, -0.25) is 15.0 Å². The van der Waals surface area contributed by atoms with Crippen molar-refractivity contribution in [1.29, 1.82) is 5.41 Å². The molecule has 198 valence electrons. The Balaban J connectivity index is 1.96. The molecule has 3 N–H and O–H groups in total. The molecule has 1 aliphatic heterocycles. The Bertz CT molecular complexity index is 1250. The second-order valence-corrected chi connectivity index (χ2v) is 9.95. The third-order valence-corrected chi connectivity index (χ3v) is 6.14. The largest absolute Gasteiger partial charge is 0.493 e. The molecule has 3 rings (SSSR count). The minimum atomic E-state index is -1.17. The molecule has 2 aromatic carbocycles. The highest BCUT2D eigenvalue weighted by atomic mass is 16.5. The maximum Gasteiger partial charge on any atom is 0.339 e. The number of carboxylic acid groups (broad SMARTS) is 1. The van der Waals surface area contributed by atoms with Crippen molar-refractivity contribution >= 4 is 23.5 Å². The summed E-state index contributed by atoms with van der Waals surface area (Å²) in [6.07, 6.45) is 0.716. The molecule has 0 saturated carbocycles. The van der Waals surface area contributed by atoms with E-state index in [2.05, 4.69) is 5.32 Å². The van der Waals surface area contributed by atoms with E-state index in [0.717, 1.165) is 5.56 Å². The highest BCUT2D eigenvalue weighted by Crippen LogP contribution is 2.36. The number of aromatic carboxylic acids is 1. The monoisotopic (exact) mass is 509 g/mol. The van der Waals surface area contributed by atoms with Gasteiger partial charge in [0.2, 0.25) is 0 Å². The molecule has 0 bridgehead atoms. The van der Waals surface area contributed by atoms with Crippen LogP contribution in [0, 0.1) is 5.41 Å². The van der Waals surface area contributed by atoms with Crippen LogP contribution in [0.25, 0.3) is 0 Å². The lowest BCUT2D eigenvalue weighted by Gasteiger charge is -2.25. The van der Waals surface area contributed by atoms with Crippen molar-refractivity contribution in [2.75, 3.05) is 26.8 Å². The van der Waals surface area contributed by atoms with Crippen molar-refractivity contribution in [1.82, 2.24) is 10.2 Å². The number of amides is 1. The second kappa shape index (κ2) is 11.0. The number of nitrogens with zero attached hydrogens (tertiary/aromatic N) is 1. The zero-order chi connectivity index (χ0) is 27.5. The van der Waals surface area contributed by atoms with E-state index in [1.807, 2.05) is 34.6 Å². The molecule has 0 fully saturated rings. The number of benzene rings is 2.